The summed E-state index contributed by atoms with van der Waals surface area (Å²) < 4.78 is 1.27. The summed E-state index contributed by atoms with van der Waals surface area (Å²) >= 11 is 3.60. The molecule has 0 bridgehead atoms. The molecular formula is C11H11Br. The molecule has 0 unspecified atom stereocenters. The van der Waals surface area contributed by atoms with Crippen LogP contribution >= 0.6 is 15.9 Å². The molecular weight excluding hydrogens is 212 g/mol. The Hall–Kier alpha value is -0.560. The Morgan fingerprint density at radius 1 is 1.42 bits per heavy atom. The van der Waals surface area contributed by atoms with Gasteiger partial charge in [-0.2, -0.15) is 0 Å². The van der Waals surface area contributed by atoms with E-state index < -0.39 is 0 Å². The van der Waals surface area contributed by atoms with E-state index in [2.05, 4.69) is 47.1 Å². The molecule has 0 amide bonds. The number of fused-ring (bicyclic) bond motifs is 1. The van der Waals surface area contributed by atoms with E-state index in [-0.39, 0.29) is 0 Å². The van der Waals surface area contributed by atoms with Crippen molar-refractivity contribution in [2.24, 2.45) is 0 Å². The summed E-state index contributed by atoms with van der Waals surface area (Å²) in [6.45, 7) is 2.19. The molecule has 1 aliphatic carbocycles. The lowest BCUT2D eigenvalue weighted by molar-refractivity contribution is 1.12. The van der Waals surface area contributed by atoms with Gasteiger partial charge in [0.25, 0.3) is 0 Å². The number of allylic oxidation sites excluding steroid dienone is 1. The van der Waals surface area contributed by atoms with Crippen LogP contribution in [0.2, 0.25) is 0 Å². The maximum Gasteiger partial charge on any atom is 0.0219 e. The fourth-order valence-corrected chi connectivity index (χ4v) is 2.27. The summed E-state index contributed by atoms with van der Waals surface area (Å²) in [4.78, 5) is 0. The van der Waals surface area contributed by atoms with Crippen molar-refractivity contribution >= 4 is 22.0 Å². The van der Waals surface area contributed by atoms with Gasteiger partial charge in [-0.3, -0.25) is 0 Å². The fraction of sp³-hybridized carbons (Fsp3) is 0.273. The molecule has 2 rings (SSSR count). The van der Waals surface area contributed by atoms with Crippen molar-refractivity contribution in [2.45, 2.75) is 19.8 Å². The Balaban J connectivity index is 2.56. The van der Waals surface area contributed by atoms with Crippen LogP contribution in [0.3, 0.4) is 0 Å². The van der Waals surface area contributed by atoms with Crippen molar-refractivity contribution in [1.82, 2.24) is 0 Å². The van der Waals surface area contributed by atoms with Gasteiger partial charge in [0.05, 0.1) is 0 Å². The van der Waals surface area contributed by atoms with Gasteiger partial charge in [0.1, 0.15) is 0 Å². The zero-order valence-corrected chi connectivity index (χ0v) is 8.69. The van der Waals surface area contributed by atoms with Crippen LogP contribution in [0.4, 0.5) is 0 Å². The van der Waals surface area contributed by atoms with Gasteiger partial charge < -0.3 is 0 Å². The van der Waals surface area contributed by atoms with Crippen LogP contribution in [-0.4, -0.2) is 0 Å². The monoisotopic (exact) mass is 222 g/mol. The number of halogens is 1. The molecule has 1 aromatic rings. The van der Waals surface area contributed by atoms with Crippen LogP contribution in [0.1, 0.15) is 23.6 Å². The average molecular weight is 223 g/mol. The highest BCUT2D eigenvalue weighted by atomic mass is 79.9. The fourth-order valence-electron chi connectivity index (χ4n) is 1.59. The molecule has 0 N–H and O–H groups in total. The van der Waals surface area contributed by atoms with E-state index in [0.29, 0.717) is 0 Å². The molecule has 1 aromatic carbocycles. The summed E-state index contributed by atoms with van der Waals surface area (Å²) in [5.41, 5.74) is 4.24. The first-order valence-electron chi connectivity index (χ1n) is 4.29. The van der Waals surface area contributed by atoms with Crippen molar-refractivity contribution in [1.29, 1.82) is 0 Å². The minimum Gasteiger partial charge on any atom is -0.0795 e. The second-order valence-corrected chi connectivity index (χ2v) is 3.96. The topological polar surface area (TPSA) is 0 Å². The van der Waals surface area contributed by atoms with Gasteiger partial charge in [0.15, 0.2) is 0 Å². The smallest absolute Gasteiger partial charge is 0.0219 e. The minimum absolute atomic E-state index is 1.08. The first kappa shape index (κ1) is 8.06. The third-order valence-electron chi connectivity index (χ3n) is 2.32. The SMILES string of the molecule is CCc1cc(Br)c2c(c1)C=CC2. The van der Waals surface area contributed by atoms with Crippen LogP contribution in [0.5, 0.6) is 0 Å². The lowest BCUT2D eigenvalue weighted by atomic mass is 10.0. The van der Waals surface area contributed by atoms with Crippen LogP contribution in [0.15, 0.2) is 22.7 Å². The van der Waals surface area contributed by atoms with E-state index >= 15 is 0 Å². The summed E-state index contributed by atoms with van der Waals surface area (Å²) in [6, 6.07) is 4.51. The molecule has 1 heteroatoms. The third-order valence-corrected chi connectivity index (χ3v) is 3.02. The Kier molecular flexibility index (Phi) is 2.05. The Morgan fingerprint density at radius 2 is 2.25 bits per heavy atom. The predicted octanol–water partition coefficient (Wildman–Crippen LogP) is 3.58. The quantitative estimate of drug-likeness (QED) is 0.682. The zero-order chi connectivity index (χ0) is 8.55. The highest BCUT2D eigenvalue weighted by Gasteiger charge is 2.09. The molecule has 0 atom stereocenters. The van der Waals surface area contributed by atoms with Crippen molar-refractivity contribution in [3.63, 3.8) is 0 Å². The number of hydrogen-bond donors (Lipinski definition) is 0. The molecule has 1 aliphatic rings. The summed E-state index contributed by atoms with van der Waals surface area (Å²) in [7, 11) is 0. The highest BCUT2D eigenvalue weighted by molar-refractivity contribution is 9.10. The molecule has 12 heavy (non-hydrogen) atoms. The summed E-state index contributed by atoms with van der Waals surface area (Å²) in [5, 5.41) is 0. The van der Waals surface area contributed by atoms with Crippen LogP contribution in [0, 0.1) is 0 Å². The molecule has 0 fully saturated rings. The second-order valence-electron chi connectivity index (χ2n) is 3.11. The van der Waals surface area contributed by atoms with Gasteiger partial charge in [0, 0.05) is 4.47 Å². The normalized spacial score (nSPS) is 13.5. The van der Waals surface area contributed by atoms with Gasteiger partial charge in [-0.15, -0.1) is 0 Å². The summed E-state index contributed by atoms with van der Waals surface area (Å²) in [5.74, 6) is 0. The number of aryl methyl sites for hydroxylation is 1. The van der Waals surface area contributed by atoms with Crippen molar-refractivity contribution in [3.8, 4) is 0 Å². The first-order chi connectivity index (χ1) is 5.81. The third kappa shape index (κ3) is 1.22. The highest BCUT2D eigenvalue weighted by Crippen LogP contribution is 2.28. The van der Waals surface area contributed by atoms with Gasteiger partial charge in [0.2, 0.25) is 0 Å². The predicted molar refractivity (Wildman–Crippen MR) is 56.3 cm³/mol. The van der Waals surface area contributed by atoms with Crippen LogP contribution in [0.25, 0.3) is 6.08 Å². The molecule has 0 nitrogen and oxygen atoms in total. The van der Waals surface area contributed by atoms with E-state index in [0.717, 1.165) is 12.8 Å². The average Bonchev–Trinajstić information content (AvgIpc) is 2.52. The van der Waals surface area contributed by atoms with E-state index in [9.17, 15) is 0 Å². The number of rotatable bonds is 1. The molecule has 0 aromatic heterocycles. The minimum atomic E-state index is 1.08. The molecule has 0 radical (unpaired) electrons. The molecule has 0 saturated heterocycles. The standard InChI is InChI=1S/C11H11Br/c1-2-8-6-9-4-3-5-10(9)11(12)7-8/h3-4,6-7H,2,5H2,1H3. The van der Waals surface area contributed by atoms with Crippen molar-refractivity contribution in [3.05, 3.63) is 39.4 Å². The van der Waals surface area contributed by atoms with E-state index in [1.54, 1.807) is 0 Å². The van der Waals surface area contributed by atoms with Crippen molar-refractivity contribution < 1.29 is 0 Å². The van der Waals surface area contributed by atoms with Crippen molar-refractivity contribution in [2.75, 3.05) is 0 Å². The lowest BCUT2D eigenvalue weighted by Gasteiger charge is -2.05. The molecule has 0 saturated carbocycles. The molecule has 62 valence electrons. The largest absolute Gasteiger partial charge is 0.0795 e. The molecule has 0 spiro atoms. The number of hydrogen-bond acceptors (Lipinski definition) is 0. The van der Waals surface area contributed by atoms with Gasteiger partial charge >= 0.3 is 0 Å². The van der Waals surface area contributed by atoms with Crippen LogP contribution < -0.4 is 0 Å². The molecule has 0 heterocycles. The summed E-state index contributed by atoms with van der Waals surface area (Å²) in [6.07, 6.45) is 6.62. The first-order valence-corrected chi connectivity index (χ1v) is 5.08. The number of benzene rings is 1. The van der Waals surface area contributed by atoms with Gasteiger partial charge in [-0.1, -0.05) is 41.1 Å². The Bertz CT molecular complexity index is 337. The van der Waals surface area contributed by atoms with Gasteiger partial charge in [-0.25, -0.2) is 0 Å². The maximum absolute atomic E-state index is 3.60. The molecule has 0 aliphatic heterocycles. The Labute approximate surface area is 81.4 Å². The van der Waals surface area contributed by atoms with Crippen LogP contribution in [-0.2, 0) is 12.8 Å². The zero-order valence-electron chi connectivity index (χ0n) is 7.10. The van der Waals surface area contributed by atoms with E-state index in [1.165, 1.54) is 21.2 Å². The second kappa shape index (κ2) is 3.06. The maximum atomic E-state index is 3.60. The van der Waals surface area contributed by atoms with Gasteiger partial charge in [-0.05, 0) is 35.6 Å². The van der Waals surface area contributed by atoms with E-state index in [1.807, 2.05) is 0 Å². The van der Waals surface area contributed by atoms with E-state index in [4.69, 9.17) is 0 Å². The lowest BCUT2D eigenvalue weighted by Crippen LogP contribution is -1.88. The Morgan fingerprint density at radius 3 is 3.00 bits per heavy atom.